The molecule has 0 N–H and O–H groups in total. The Hall–Kier alpha value is -3.28. The van der Waals surface area contributed by atoms with Gasteiger partial charge in [0.1, 0.15) is 18.6 Å². The van der Waals surface area contributed by atoms with Gasteiger partial charge in [0, 0.05) is 5.56 Å². The van der Waals surface area contributed by atoms with Crippen molar-refractivity contribution < 1.29 is 23.9 Å². The molecule has 23 heavy (non-hydrogen) atoms. The highest BCUT2D eigenvalue weighted by Gasteiger charge is 2.36. The molecule has 1 heterocycles. The molecule has 6 heteroatoms. The molecule has 0 saturated carbocycles. The zero-order valence-electron chi connectivity index (χ0n) is 11.9. The van der Waals surface area contributed by atoms with E-state index in [0.717, 1.165) is 4.90 Å². The molecule has 2 aromatic carbocycles. The summed E-state index contributed by atoms with van der Waals surface area (Å²) in [6.07, 6.45) is 0.671. The molecule has 0 aliphatic carbocycles. The maximum Gasteiger partial charge on any atom is 0.331 e. The third-order valence-corrected chi connectivity index (χ3v) is 3.41. The Bertz CT molecular complexity index is 775. The number of ether oxygens (including phenoxy) is 1. The molecule has 0 radical (unpaired) electrons. The molecule has 0 bridgehead atoms. The summed E-state index contributed by atoms with van der Waals surface area (Å²) in [6.45, 7) is -0.470. The van der Waals surface area contributed by atoms with E-state index in [1.54, 1.807) is 24.3 Å². The van der Waals surface area contributed by atoms with Crippen molar-refractivity contribution in [1.82, 2.24) is 4.90 Å². The summed E-state index contributed by atoms with van der Waals surface area (Å²) in [7, 11) is 0. The fraction of sp³-hybridized carbons (Fsp3) is 0.0588. The van der Waals surface area contributed by atoms with E-state index in [-0.39, 0.29) is 16.9 Å². The molecule has 1 aliphatic rings. The molecule has 1 aliphatic heterocycles. The normalized spacial score (nSPS) is 13.0. The van der Waals surface area contributed by atoms with Crippen LogP contribution in [0.5, 0.6) is 5.75 Å². The van der Waals surface area contributed by atoms with Gasteiger partial charge < -0.3 is 4.74 Å². The van der Waals surface area contributed by atoms with Crippen LogP contribution in [-0.2, 0) is 4.79 Å². The fourth-order valence-corrected chi connectivity index (χ4v) is 2.29. The average Bonchev–Trinajstić information content (AvgIpc) is 2.81. The largest absolute Gasteiger partial charge is 0.425 e. The number of fused-ring (bicyclic) bond motifs is 1. The molecular formula is C17H11NO5. The number of esters is 1. The van der Waals surface area contributed by atoms with Crippen molar-refractivity contribution in [2.45, 2.75) is 0 Å². The van der Waals surface area contributed by atoms with Crippen molar-refractivity contribution in [1.29, 1.82) is 0 Å². The predicted octanol–water partition coefficient (Wildman–Crippen LogP) is 1.70. The maximum atomic E-state index is 12.1. The van der Waals surface area contributed by atoms with Crippen LogP contribution in [0, 0.1) is 0 Å². The fourth-order valence-electron chi connectivity index (χ4n) is 2.29. The van der Waals surface area contributed by atoms with E-state index in [0.29, 0.717) is 11.8 Å². The number of amides is 2. The van der Waals surface area contributed by atoms with Gasteiger partial charge in [0.05, 0.1) is 11.1 Å². The molecule has 3 rings (SSSR count). The third kappa shape index (κ3) is 2.74. The van der Waals surface area contributed by atoms with E-state index in [2.05, 4.69) is 0 Å². The van der Waals surface area contributed by atoms with Crippen LogP contribution in [0.2, 0.25) is 0 Å². The Morgan fingerprint density at radius 1 is 0.957 bits per heavy atom. The summed E-state index contributed by atoms with van der Waals surface area (Å²) in [5.41, 5.74) is 1.01. The Labute approximate surface area is 131 Å². The first kappa shape index (κ1) is 14.6. The van der Waals surface area contributed by atoms with E-state index in [4.69, 9.17) is 4.74 Å². The van der Waals surface area contributed by atoms with E-state index in [9.17, 15) is 19.2 Å². The summed E-state index contributed by atoms with van der Waals surface area (Å²) in [5.74, 6) is -1.53. The number of carbonyl (C=O) groups excluding carboxylic acids is 4. The van der Waals surface area contributed by atoms with E-state index in [1.807, 2.05) is 0 Å². The second-order valence-corrected chi connectivity index (χ2v) is 4.90. The lowest BCUT2D eigenvalue weighted by atomic mass is 10.1. The first-order valence-corrected chi connectivity index (χ1v) is 6.81. The minimum absolute atomic E-state index is 0.234. The van der Waals surface area contributed by atoms with Crippen LogP contribution in [0.25, 0.3) is 0 Å². The molecule has 2 aromatic rings. The summed E-state index contributed by atoms with van der Waals surface area (Å²) in [6, 6.07) is 12.3. The van der Waals surface area contributed by atoms with Crippen LogP contribution >= 0.6 is 0 Å². The van der Waals surface area contributed by atoms with Gasteiger partial charge in [-0.15, -0.1) is 0 Å². The molecule has 0 saturated heterocycles. The van der Waals surface area contributed by atoms with Crippen LogP contribution in [0.15, 0.2) is 48.5 Å². The van der Waals surface area contributed by atoms with Gasteiger partial charge in [-0.2, -0.15) is 0 Å². The van der Waals surface area contributed by atoms with Gasteiger partial charge in [-0.05, 0) is 36.4 Å². The lowest BCUT2D eigenvalue weighted by molar-refractivity contribution is -0.134. The highest BCUT2D eigenvalue weighted by Crippen LogP contribution is 2.22. The second kappa shape index (κ2) is 5.84. The van der Waals surface area contributed by atoms with E-state index >= 15 is 0 Å². The van der Waals surface area contributed by atoms with Crippen molar-refractivity contribution in [3.8, 4) is 5.75 Å². The summed E-state index contributed by atoms with van der Waals surface area (Å²) >= 11 is 0. The molecule has 2 amide bonds. The molecule has 0 atom stereocenters. The smallest absolute Gasteiger partial charge is 0.331 e. The van der Waals surface area contributed by atoms with Gasteiger partial charge >= 0.3 is 5.97 Å². The van der Waals surface area contributed by atoms with Crippen LogP contribution in [0.4, 0.5) is 0 Å². The van der Waals surface area contributed by atoms with Crippen LogP contribution in [-0.4, -0.2) is 35.5 Å². The number of imide groups is 1. The van der Waals surface area contributed by atoms with Crippen molar-refractivity contribution in [3.63, 3.8) is 0 Å². The van der Waals surface area contributed by atoms with Gasteiger partial charge in [0.2, 0.25) is 0 Å². The average molecular weight is 309 g/mol. The van der Waals surface area contributed by atoms with Gasteiger partial charge in [-0.3, -0.25) is 19.3 Å². The SMILES string of the molecule is O=Cc1ccc(OC(=O)CN2C(=O)c3ccccc3C2=O)cc1. The van der Waals surface area contributed by atoms with Crippen LogP contribution in [0.3, 0.4) is 0 Å². The summed E-state index contributed by atoms with van der Waals surface area (Å²) in [5, 5.41) is 0. The highest BCUT2D eigenvalue weighted by atomic mass is 16.5. The minimum Gasteiger partial charge on any atom is -0.425 e. The lowest BCUT2D eigenvalue weighted by Crippen LogP contribution is -2.36. The monoisotopic (exact) mass is 309 g/mol. The summed E-state index contributed by atoms with van der Waals surface area (Å²) in [4.78, 5) is 47.6. The topological polar surface area (TPSA) is 80.8 Å². The number of rotatable bonds is 4. The zero-order chi connectivity index (χ0) is 16.4. The van der Waals surface area contributed by atoms with Crippen molar-refractivity contribution in [2.75, 3.05) is 6.54 Å². The molecule has 0 aromatic heterocycles. The lowest BCUT2D eigenvalue weighted by Gasteiger charge is -2.12. The Kier molecular flexibility index (Phi) is 3.72. The zero-order valence-corrected chi connectivity index (χ0v) is 11.9. The standard InChI is InChI=1S/C17H11NO5/c19-10-11-5-7-12(8-6-11)23-15(20)9-18-16(21)13-3-1-2-4-14(13)17(18)22/h1-8,10H,9H2. The quantitative estimate of drug-likeness (QED) is 0.372. The third-order valence-electron chi connectivity index (χ3n) is 3.41. The van der Waals surface area contributed by atoms with Crippen LogP contribution in [0.1, 0.15) is 31.1 Å². The predicted molar refractivity (Wildman–Crippen MR) is 79.3 cm³/mol. The van der Waals surface area contributed by atoms with E-state index < -0.39 is 24.3 Å². The Morgan fingerprint density at radius 3 is 2.04 bits per heavy atom. The molecule has 0 unspecified atom stereocenters. The maximum absolute atomic E-state index is 12.1. The van der Waals surface area contributed by atoms with Gasteiger partial charge in [-0.25, -0.2) is 4.79 Å². The van der Waals surface area contributed by atoms with Gasteiger partial charge in [0.25, 0.3) is 11.8 Å². The number of benzene rings is 2. The van der Waals surface area contributed by atoms with Crippen molar-refractivity contribution >= 4 is 24.1 Å². The Morgan fingerprint density at radius 2 is 1.52 bits per heavy atom. The number of carbonyl (C=O) groups is 4. The van der Waals surface area contributed by atoms with E-state index in [1.165, 1.54) is 24.3 Å². The molecule has 6 nitrogen and oxygen atoms in total. The number of hydrogen-bond acceptors (Lipinski definition) is 5. The van der Waals surface area contributed by atoms with Gasteiger partial charge in [-0.1, -0.05) is 12.1 Å². The van der Waals surface area contributed by atoms with Gasteiger partial charge in [0.15, 0.2) is 0 Å². The first-order chi connectivity index (χ1) is 11.1. The first-order valence-electron chi connectivity index (χ1n) is 6.81. The molecule has 0 spiro atoms. The Balaban J connectivity index is 1.70. The molecule has 114 valence electrons. The minimum atomic E-state index is -0.738. The molecule has 0 fully saturated rings. The number of hydrogen-bond donors (Lipinski definition) is 0. The van der Waals surface area contributed by atoms with Crippen molar-refractivity contribution in [3.05, 3.63) is 65.2 Å². The number of aldehydes is 1. The summed E-state index contributed by atoms with van der Waals surface area (Å²) < 4.78 is 5.07. The highest BCUT2D eigenvalue weighted by molar-refractivity contribution is 6.22. The molecular weight excluding hydrogens is 298 g/mol. The number of nitrogens with zero attached hydrogens (tertiary/aromatic N) is 1. The second-order valence-electron chi connectivity index (χ2n) is 4.90. The van der Waals surface area contributed by atoms with Crippen molar-refractivity contribution in [2.24, 2.45) is 0 Å². The van der Waals surface area contributed by atoms with Crippen LogP contribution < -0.4 is 4.74 Å².